The van der Waals surface area contributed by atoms with Crippen LogP contribution in [0.3, 0.4) is 0 Å². The number of benzene rings is 1. The first-order chi connectivity index (χ1) is 7.99. The van der Waals surface area contributed by atoms with Crippen LogP contribution in [0.5, 0.6) is 0 Å². The fraction of sp³-hybridized carbons (Fsp3) is 0.500. The van der Waals surface area contributed by atoms with Crippen LogP contribution in [0, 0.1) is 0 Å². The standard InChI is InChI=1S/C12H16Cl2O2S/c1-8(2)16-6-10(15)7-17-12-5-9(13)3-4-11(12)14/h3-5,8,10,15H,6-7H2,1-2H3. The van der Waals surface area contributed by atoms with Gasteiger partial charge >= 0.3 is 0 Å². The maximum Gasteiger partial charge on any atom is 0.0867 e. The first-order valence-electron chi connectivity index (χ1n) is 5.36. The molecule has 1 aromatic carbocycles. The van der Waals surface area contributed by atoms with Gasteiger partial charge in [-0.3, -0.25) is 0 Å². The van der Waals surface area contributed by atoms with E-state index in [-0.39, 0.29) is 6.10 Å². The topological polar surface area (TPSA) is 29.5 Å². The SMILES string of the molecule is CC(C)OCC(O)CSc1cc(Cl)ccc1Cl. The van der Waals surface area contributed by atoms with Crippen molar-refractivity contribution in [2.45, 2.75) is 31.0 Å². The fourth-order valence-corrected chi connectivity index (χ4v) is 2.53. The van der Waals surface area contributed by atoms with Crippen molar-refractivity contribution in [3.8, 4) is 0 Å². The fourth-order valence-electron chi connectivity index (χ4n) is 1.13. The van der Waals surface area contributed by atoms with Gasteiger partial charge in [0.1, 0.15) is 0 Å². The Kier molecular flexibility index (Phi) is 6.67. The second kappa shape index (κ2) is 7.49. The highest BCUT2D eigenvalue weighted by atomic mass is 35.5. The molecule has 17 heavy (non-hydrogen) atoms. The average Bonchev–Trinajstić information content (AvgIpc) is 2.27. The molecule has 0 radical (unpaired) electrons. The van der Waals surface area contributed by atoms with Gasteiger partial charge in [-0.25, -0.2) is 0 Å². The molecule has 1 unspecified atom stereocenters. The summed E-state index contributed by atoms with van der Waals surface area (Å²) < 4.78 is 5.32. The molecule has 0 bridgehead atoms. The Morgan fingerprint density at radius 1 is 1.35 bits per heavy atom. The van der Waals surface area contributed by atoms with E-state index < -0.39 is 6.10 Å². The summed E-state index contributed by atoms with van der Waals surface area (Å²) in [5, 5.41) is 11.0. The molecule has 0 aliphatic carbocycles. The van der Waals surface area contributed by atoms with Crippen molar-refractivity contribution < 1.29 is 9.84 Å². The Bertz CT molecular complexity index is 358. The minimum Gasteiger partial charge on any atom is -0.390 e. The van der Waals surface area contributed by atoms with Gasteiger partial charge in [0, 0.05) is 15.7 Å². The molecule has 1 rings (SSSR count). The van der Waals surface area contributed by atoms with E-state index in [0.29, 0.717) is 22.4 Å². The highest BCUT2D eigenvalue weighted by molar-refractivity contribution is 7.99. The molecule has 1 atom stereocenters. The second-order valence-corrected chi connectivity index (χ2v) is 5.83. The van der Waals surface area contributed by atoms with Crippen molar-refractivity contribution in [1.29, 1.82) is 0 Å². The van der Waals surface area contributed by atoms with E-state index in [4.69, 9.17) is 27.9 Å². The molecule has 5 heteroatoms. The Hall–Kier alpha value is 0.0700. The Morgan fingerprint density at radius 3 is 2.71 bits per heavy atom. The number of thioether (sulfide) groups is 1. The summed E-state index contributed by atoms with van der Waals surface area (Å²) in [5.41, 5.74) is 0. The molecule has 0 amide bonds. The highest BCUT2D eigenvalue weighted by Crippen LogP contribution is 2.30. The van der Waals surface area contributed by atoms with Gasteiger partial charge in [0.25, 0.3) is 0 Å². The van der Waals surface area contributed by atoms with Gasteiger partial charge in [0.2, 0.25) is 0 Å². The van der Waals surface area contributed by atoms with E-state index in [9.17, 15) is 5.11 Å². The zero-order chi connectivity index (χ0) is 12.8. The number of aliphatic hydroxyl groups is 1. The van der Waals surface area contributed by atoms with Crippen LogP contribution in [-0.4, -0.2) is 29.7 Å². The molecular weight excluding hydrogens is 279 g/mol. The first kappa shape index (κ1) is 15.1. The summed E-state index contributed by atoms with van der Waals surface area (Å²) in [6.07, 6.45) is -0.373. The van der Waals surface area contributed by atoms with Crippen molar-refractivity contribution >= 4 is 35.0 Å². The second-order valence-electron chi connectivity index (χ2n) is 3.92. The van der Waals surface area contributed by atoms with Crippen LogP contribution >= 0.6 is 35.0 Å². The van der Waals surface area contributed by atoms with Crippen LogP contribution < -0.4 is 0 Å². The smallest absolute Gasteiger partial charge is 0.0867 e. The zero-order valence-corrected chi connectivity index (χ0v) is 12.1. The average molecular weight is 295 g/mol. The van der Waals surface area contributed by atoms with E-state index in [1.807, 2.05) is 13.8 Å². The summed E-state index contributed by atoms with van der Waals surface area (Å²) in [6.45, 7) is 4.21. The summed E-state index contributed by atoms with van der Waals surface area (Å²) in [4.78, 5) is 0.878. The lowest BCUT2D eigenvalue weighted by atomic mass is 10.4. The maximum absolute atomic E-state index is 9.70. The van der Waals surface area contributed by atoms with Gasteiger partial charge in [-0.2, -0.15) is 0 Å². The lowest BCUT2D eigenvalue weighted by Gasteiger charge is -2.13. The molecule has 0 saturated heterocycles. The molecule has 0 aliphatic heterocycles. The Labute approximate surface area is 116 Å². The van der Waals surface area contributed by atoms with Gasteiger partial charge in [-0.1, -0.05) is 23.2 Å². The van der Waals surface area contributed by atoms with Crippen molar-refractivity contribution in [2.75, 3.05) is 12.4 Å². The lowest BCUT2D eigenvalue weighted by molar-refractivity contribution is 0.0152. The van der Waals surface area contributed by atoms with E-state index in [2.05, 4.69) is 0 Å². The summed E-state index contributed by atoms with van der Waals surface area (Å²) in [7, 11) is 0. The van der Waals surface area contributed by atoms with E-state index in [0.717, 1.165) is 4.90 Å². The van der Waals surface area contributed by atoms with Gasteiger partial charge in [-0.15, -0.1) is 11.8 Å². The number of halogens is 2. The minimum absolute atomic E-state index is 0.129. The van der Waals surface area contributed by atoms with Crippen LogP contribution in [0.15, 0.2) is 23.1 Å². The Balaban J connectivity index is 2.41. The van der Waals surface area contributed by atoms with Crippen molar-refractivity contribution in [1.82, 2.24) is 0 Å². The molecule has 0 saturated carbocycles. The normalized spacial score (nSPS) is 13.1. The van der Waals surface area contributed by atoms with Crippen LogP contribution in [0.25, 0.3) is 0 Å². The largest absolute Gasteiger partial charge is 0.390 e. The van der Waals surface area contributed by atoms with E-state index in [1.165, 1.54) is 11.8 Å². The monoisotopic (exact) mass is 294 g/mol. The molecule has 0 heterocycles. The molecule has 1 N–H and O–H groups in total. The van der Waals surface area contributed by atoms with Crippen molar-refractivity contribution in [2.24, 2.45) is 0 Å². The van der Waals surface area contributed by atoms with E-state index >= 15 is 0 Å². The molecular formula is C12H16Cl2O2S. The molecule has 96 valence electrons. The predicted molar refractivity (Wildman–Crippen MR) is 74.3 cm³/mol. The maximum atomic E-state index is 9.70. The Morgan fingerprint density at radius 2 is 2.06 bits per heavy atom. The van der Waals surface area contributed by atoms with Crippen LogP contribution in [0.1, 0.15) is 13.8 Å². The van der Waals surface area contributed by atoms with Gasteiger partial charge < -0.3 is 9.84 Å². The molecule has 0 spiro atoms. The molecule has 0 aliphatic rings. The number of aliphatic hydroxyl groups excluding tert-OH is 1. The predicted octanol–water partition coefficient (Wildman–Crippen LogP) is 3.87. The minimum atomic E-state index is -0.502. The lowest BCUT2D eigenvalue weighted by Crippen LogP contribution is -2.20. The first-order valence-corrected chi connectivity index (χ1v) is 7.10. The van der Waals surface area contributed by atoms with Gasteiger partial charge in [0.15, 0.2) is 0 Å². The zero-order valence-electron chi connectivity index (χ0n) is 9.82. The van der Waals surface area contributed by atoms with Crippen molar-refractivity contribution in [3.05, 3.63) is 28.2 Å². The van der Waals surface area contributed by atoms with Crippen LogP contribution in [0.4, 0.5) is 0 Å². The molecule has 1 aromatic rings. The number of hydrogen-bond acceptors (Lipinski definition) is 3. The molecule has 2 nitrogen and oxygen atoms in total. The molecule has 0 aromatic heterocycles. The quantitative estimate of drug-likeness (QED) is 0.808. The highest BCUT2D eigenvalue weighted by Gasteiger charge is 2.09. The third-order valence-corrected chi connectivity index (χ3v) is 3.82. The third kappa shape index (κ3) is 5.98. The number of hydrogen-bond donors (Lipinski definition) is 1. The van der Waals surface area contributed by atoms with Crippen LogP contribution in [-0.2, 0) is 4.74 Å². The summed E-state index contributed by atoms with van der Waals surface area (Å²) in [6, 6.07) is 5.29. The van der Waals surface area contributed by atoms with Crippen LogP contribution in [0.2, 0.25) is 10.0 Å². The summed E-state index contributed by atoms with van der Waals surface area (Å²) in [5.74, 6) is 0.535. The van der Waals surface area contributed by atoms with Crippen molar-refractivity contribution in [3.63, 3.8) is 0 Å². The number of rotatable bonds is 6. The molecule has 0 fully saturated rings. The van der Waals surface area contributed by atoms with E-state index in [1.54, 1.807) is 18.2 Å². The summed E-state index contributed by atoms with van der Waals surface area (Å²) >= 11 is 13.4. The third-order valence-electron chi connectivity index (χ3n) is 1.95. The number of ether oxygens (including phenoxy) is 1. The van der Waals surface area contributed by atoms with Gasteiger partial charge in [0.05, 0.1) is 23.8 Å². The van der Waals surface area contributed by atoms with Gasteiger partial charge in [-0.05, 0) is 32.0 Å².